The van der Waals surface area contributed by atoms with Gasteiger partial charge in [-0.1, -0.05) is 29.5 Å². The standard InChI is InChI=1S/C20H23N3O2S2/c1-13-4-6-14(7-5-13)23-19(24)17-15-8-9-22(2)12-16(15)27-18(17)21-20(23)26-11-10-25-3/h4-7H,8-12H2,1-3H3. The fraction of sp³-hybridized carbons (Fsp3) is 0.400. The Morgan fingerprint density at radius 1 is 1.30 bits per heavy atom. The number of nitrogens with zero attached hydrogens (tertiary/aromatic N) is 3. The SMILES string of the molecule is COCCSc1nc2sc3c(c2c(=O)n1-c1ccc(C)cc1)CCN(C)C3. The molecule has 0 amide bonds. The average molecular weight is 402 g/mol. The minimum absolute atomic E-state index is 0.0471. The molecule has 0 saturated carbocycles. The van der Waals surface area contributed by atoms with Crippen LogP contribution >= 0.6 is 23.1 Å². The summed E-state index contributed by atoms with van der Waals surface area (Å²) in [5.41, 5.74) is 3.28. The Kier molecular flexibility index (Phi) is 5.36. The van der Waals surface area contributed by atoms with Crippen LogP contribution in [0.5, 0.6) is 0 Å². The fourth-order valence-electron chi connectivity index (χ4n) is 3.39. The van der Waals surface area contributed by atoms with Crippen LogP contribution in [0.15, 0.2) is 34.2 Å². The first kappa shape index (κ1) is 18.7. The third-order valence-electron chi connectivity index (χ3n) is 4.85. The van der Waals surface area contributed by atoms with Gasteiger partial charge in [0.25, 0.3) is 5.56 Å². The third-order valence-corrected chi connectivity index (χ3v) is 6.86. The van der Waals surface area contributed by atoms with Gasteiger partial charge in [0, 0.05) is 30.8 Å². The zero-order valence-corrected chi connectivity index (χ0v) is 17.5. The maximum atomic E-state index is 13.6. The second-order valence-electron chi connectivity index (χ2n) is 6.88. The Morgan fingerprint density at radius 2 is 2.07 bits per heavy atom. The van der Waals surface area contributed by atoms with Gasteiger partial charge in [-0.3, -0.25) is 9.36 Å². The number of thioether (sulfide) groups is 1. The number of rotatable bonds is 5. The van der Waals surface area contributed by atoms with Crippen LogP contribution in [0.25, 0.3) is 15.9 Å². The van der Waals surface area contributed by atoms with E-state index in [1.807, 2.05) is 31.2 Å². The molecule has 7 heteroatoms. The summed E-state index contributed by atoms with van der Waals surface area (Å²) in [6.07, 6.45) is 0.910. The highest BCUT2D eigenvalue weighted by Gasteiger charge is 2.24. The molecule has 0 bridgehead atoms. The maximum Gasteiger partial charge on any atom is 0.267 e. The van der Waals surface area contributed by atoms with Crippen LogP contribution in [0, 0.1) is 6.92 Å². The number of hydrogen-bond donors (Lipinski definition) is 0. The van der Waals surface area contributed by atoms with E-state index in [-0.39, 0.29) is 5.56 Å². The van der Waals surface area contributed by atoms with Crippen molar-refractivity contribution in [3.63, 3.8) is 0 Å². The molecule has 0 unspecified atom stereocenters. The van der Waals surface area contributed by atoms with Gasteiger partial charge in [-0.25, -0.2) is 4.98 Å². The van der Waals surface area contributed by atoms with Crippen molar-refractivity contribution >= 4 is 33.3 Å². The molecule has 3 aromatic rings. The van der Waals surface area contributed by atoms with E-state index in [1.165, 1.54) is 16.0 Å². The van der Waals surface area contributed by atoms with Crippen molar-refractivity contribution in [3.05, 3.63) is 50.6 Å². The van der Waals surface area contributed by atoms with Crippen LogP contribution in [0.3, 0.4) is 0 Å². The number of aryl methyl sites for hydroxylation is 1. The van der Waals surface area contributed by atoms with Crippen LogP contribution in [0.1, 0.15) is 16.0 Å². The largest absolute Gasteiger partial charge is 0.384 e. The molecule has 2 aromatic heterocycles. The van der Waals surface area contributed by atoms with Crippen molar-refractivity contribution in [1.82, 2.24) is 14.5 Å². The van der Waals surface area contributed by atoms with Crippen molar-refractivity contribution in [2.24, 2.45) is 0 Å². The molecule has 1 aliphatic rings. The molecule has 1 aliphatic heterocycles. The van der Waals surface area contributed by atoms with Crippen LogP contribution < -0.4 is 5.56 Å². The molecule has 0 saturated heterocycles. The van der Waals surface area contributed by atoms with E-state index in [4.69, 9.17) is 9.72 Å². The quantitative estimate of drug-likeness (QED) is 0.372. The highest BCUT2D eigenvalue weighted by molar-refractivity contribution is 7.99. The Hall–Kier alpha value is -1.67. The number of fused-ring (bicyclic) bond motifs is 3. The molecule has 0 N–H and O–H groups in total. The number of methoxy groups -OCH3 is 1. The third kappa shape index (κ3) is 3.57. The summed E-state index contributed by atoms with van der Waals surface area (Å²) in [5.74, 6) is 0.758. The number of hydrogen-bond acceptors (Lipinski definition) is 6. The summed E-state index contributed by atoms with van der Waals surface area (Å²) < 4.78 is 6.95. The summed E-state index contributed by atoms with van der Waals surface area (Å²) in [5, 5.41) is 1.54. The van der Waals surface area contributed by atoms with E-state index in [9.17, 15) is 4.79 Å². The van der Waals surface area contributed by atoms with E-state index < -0.39 is 0 Å². The smallest absolute Gasteiger partial charge is 0.267 e. The molecule has 4 rings (SSSR count). The van der Waals surface area contributed by atoms with Crippen LogP contribution in [-0.2, 0) is 17.7 Å². The summed E-state index contributed by atoms with van der Waals surface area (Å²) in [7, 11) is 3.81. The number of thiophene rings is 1. The minimum atomic E-state index is 0.0471. The highest BCUT2D eigenvalue weighted by atomic mass is 32.2. The normalized spacial score (nSPS) is 14.6. The van der Waals surface area contributed by atoms with Gasteiger partial charge in [-0.2, -0.15) is 0 Å². The molecule has 0 spiro atoms. The molecule has 1 aromatic carbocycles. The topological polar surface area (TPSA) is 47.4 Å². The van der Waals surface area contributed by atoms with Gasteiger partial charge >= 0.3 is 0 Å². The molecule has 0 radical (unpaired) electrons. The molecular weight excluding hydrogens is 378 g/mol. The Labute approximate surface area is 167 Å². The van der Waals surface area contributed by atoms with Crippen molar-refractivity contribution in [2.75, 3.05) is 33.1 Å². The highest BCUT2D eigenvalue weighted by Crippen LogP contribution is 2.33. The maximum absolute atomic E-state index is 13.6. The van der Waals surface area contributed by atoms with E-state index in [0.29, 0.717) is 6.61 Å². The lowest BCUT2D eigenvalue weighted by molar-refractivity contribution is 0.218. The average Bonchev–Trinajstić information content (AvgIpc) is 3.00. The van der Waals surface area contributed by atoms with Crippen molar-refractivity contribution in [1.29, 1.82) is 0 Å². The zero-order chi connectivity index (χ0) is 19.0. The van der Waals surface area contributed by atoms with Gasteiger partial charge in [0.1, 0.15) is 4.83 Å². The van der Waals surface area contributed by atoms with Gasteiger partial charge in [0.05, 0.1) is 17.7 Å². The van der Waals surface area contributed by atoms with Crippen molar-refractivity contribution in [3.8, 4) is 5.69 Å². The van der Waals surface area contributed by atoms with Gasteiger partial charge in [-0.15, -0.1) is 11.3 Å². The van der Waals surface area contributed by atoms with Gasteiger partial charge in [0.2, 0.25) is 0 Å². The fourth-order valence-corrected chi connectivity index (χ4v) is 5.64. The Bertz CT molecular complexity index is 1020. The molecular formula is C20H23N3O2S2. The van der Waals surface area contributed by atoms with E-state index in [1.54, 1.807) is 34.8 Å². The van der Waals surface area contributed by atoms with Crippen molar-refractivity contribution < 1.29 is 4.74 Å². The first-order valence-electron chi connectivity index (χ1n) is 9.03. The molecule has 3 heterocycles. The molecule has 142 valence electrons. The minimum Gasteiger partial charge on any atom is -0.384 e. The summed E-state index contributed by atoms with van der Waals surface area (Å²) in [6.45, 7) is 4.55. The van der Waals surface area contributed by atoms with Crippen LogP contribution in [-0.4, -0.2) is 47.5 Å². The summed E-state index contributed by atoms with van der Waals surface area (Å²) in [4.78, 5) is 22.9. The van der Waals surface area contributed by atoms with Crippen LogP contribution in [0.2, 0.25) is 0 Å². The molecule has 0 fully saturated rings. The van der Waals surface area contributed by atoms with Crippen molar-refractivity contribution in [2.45, 2.75) is 25.0 Å². The summed E-state index contributed by atoms with van der Waals surface area (Å²) in [6, 6.07) is 8.07. The summed E-state index contributed by atoms with van der Waals surface area (Å²) >= 11 is 3.24. The predicted molar refractivity (Wildman–Crippen MR) is 113 cm³/mol. The van der Waals surface area contributed by atoms with Gasteiger partial charge in [-0.05, 0) is 38.1 Å². The lowest BCUT2D eigenvalue weighted by Crippen LogP contribution is -2.27. The lowest BCUT2D eigenvalue weighted by Gasteiger charge is -2.21. The Morgan fingerprint density at radius 3 is 2.81 bits per heavy atom. The van der Waals surface area contributed by atoms with Gasteiger partial charge < -0.3 is 9.64 Å². The zero-order valence-electron chi connectivity index (χ0n) is 15.8. The lowest BCUT2D eigenvalue weighted by atomic mass is 10.1. The monoisotopic (exact) mass is 401 g/mol. The van der Waals surface area contributed by atoms with E-state index in [0.717, 1.165) is 46.3 Å². The predicted octanol–water partition coefficient (Wildman–Crippen LogP) is 3.48. The first-order valence-corrected chi connectivity index (χ1v) is 10.8. The first-order chi connectivity index (χ1) is 13.1. The van der Waals surface area contributed by atoms with E-state index >= 15 is 0 Å². The number of likely N-dealkylation sites (N-methyl/N-ethyl adjacent to an activating group) is 1. The number of benzene rings is 1. The second-order valence-corrected chi connectivity index (χ2v) is 9.03. The number of aromatic nitrogens is 2. The second kappa shape index (κ2) is 7.75. The molecule has 5 nitrogen and oxygen atoms in total. The van der Waals surface area contributed by atoms with Gasteiger partial charge in [0.15, 0.2) is 5.16 Å². The van der Waals surface area contributed by atoms with Crippen LogP contribution in [0.4, 0.5) is 0 Å². The molecule has 0 atom stereocenters. The number of ether oxygens (including phenoxy) is 1. The Balaban J connectivity index is 1.92. The molecule has 0 aliphatic carbocycles. The van der Waals surface area contributed by atoms with E-state index in [2.05, 4.69) is 11.9 Å². The molecule has 27 heavy (non-hydrogen) atoms.